The van der Waals surface area contributed by atoms with Gasteiger partial charge in [-0.25, -0.2) is 0 Å². The van der Waals surface area contributed by atoms with Crippen LogP contribution in [0.2, 0.25) is 0 Å². The van der Waals surface area contributed by atoms with E-state index in [2.05, 4.69) is 0 Å². The molecule has 0 saturated carbocycles. The van der Waals surface area contributed by atoms with E-state index >= 15 is 0 Å². The van der Waals surface area contributed by atoms with Crippen molar-refractivity contribution >= 4 is 48.9 Å². The number of aliphatic hydroxyl groups excluding tert-OH is 3. The molecule has 0 aromatic heterocycles. The number of aromatic hydroxyl groups is 2. The van der Waals surface area contributed by atoms with Crippen LogP contribution in [0.4, 0.5) is 0 Å². The first-order valence-corrected chi connectivity index (χ1v) is 12.2. The lowest BCUT2D eigenvalue weighted by Crippen LogP contribution is -2.18. The van der Waals surface area contributed by atoms with E-state index in [1.54, 1.807) is 6.92 Å². The number of ether oxygens (including phenoxy) is 2. The van der Waals surface area contributed by atoms with Crippen molar-refractivity contribution in [2.24, 2.45) is 0 Å². The summed E-state index contributed by atoms with van der Waals surface area (Å²) >= 11 is 0. The Hall–Kier alpha value is -4.25. The summed E-state index contributed by atoms with van der Waals surface area (Å²) in [6.45, 7) is 1.71. The Morgan fingerprint density at radius 2 is 1.23 bits per heavy atom. The van der Waals surface area contributed by atoms with E-state index < -0.39 is 47.5 Å². The van der Waals surface area contributed by atoms with Crippen LogP contribution in [0.5, 0.6) is 23.0 Å². The van der Waals surface area contributed by atoms with Crippen LogP contribution in [-0.4, -0.2) is 45.5 Å². The Bertz CT molecular complexity index is 1940. The van der Waals surface area contributed by atoms with Crippen LogP contribution < -0.4 is 20.3 Å². The van der Waals surface area contributed by atoms with Gasteiger partial charge >= 0.3 is 0 Å². The molecule has 0 aliphatic carbocycles. The molecule has 5 rings (SSSR count). The van der Waals surface area contributed by atoms with Crippen LogP contribution in [0.15, 0.2) is 21.7 Å². The fraction of sp³-hybridized carbons (Fsp3) is 0.276. The fourth-order valence-corrected chi connectivity index (χ4v) is 5.98. The number of Topliss-reactive ketones (excluding diaryl/α,β-unsaturated/α-hetero) is 1. The minimum atomic E-state index is -1.84. The van der Waals surface area contributed by atoms with Gasteiger partial charge < -0.3 is 35.0 Å². The molecule has 0 saturated heterocycles. The summed E-state index contributed by atoms with van der Waals surface area (Å²) in [4.78, 5) is 39.9. The molecular weight excluding hydrogens is 508 g/mol. The third-order valence-corrected chi connectivity index (χ3v) is 7.49. The number of fused-ring (bicyclic) bond motifs is 2. The van der Waals surface area contributed by atoms with Crippen LogP contribution in [0, 0.1) is 0 Å². The highest BCUT2D eigenvalue weighted by atomic mass is 16.5. The average molecular weight is 535 g/mol. The van der Waals surface area contributed by atoms with Gasteiger partial charge in [-0.2, -0.15) is 0 Å². The molecule has 0 spiro atoms. The van der Waals surface area contributed by atoms with Gasteiger partial charge in [0.05, 0.1) is 38.2 Å². The zero-order valence-electron chi connectivity index (χ0n) is 21.6. The van der Waals surface area contributed by atoms with Gasteiger partial charge in [0, 0.05) is 27.3 Å². The number of hydrogen-bond acceptors (Lipinski definition) is 10. The normalized spacial score (nSPS) is 12.7. The first kappa shape index (κ1) is 26.4. The minimum Gasteiger partial charge on any atom is -0.507 e. The standard InChI is InChI=1S/C29H26O10/c1-5-13-18-21-16(11(8-30)6-14(33)19(21)26(36)28(13)38-3)17-12(9-31)7-15(34)20-22(17)23(18)24(25(35)10(2)32)29(39-4)27(20)37/h6-7,25,30-31,33-35H,5,8-9H2,1-4H3. The fourth-order valence-electron chi connectivity index (χ4n) is 5.98. The van der Waals surface area contributed by atoms with Crippen LogP contribution >= 0.6 is 0 Å². The van der Waals surface area contributed by atoms with Gasteiger partial charge in [0.25, 0.3) is 0 Å². The zero-order chi connectivity index (χ0) is 28.5. The number of hydrogen-bond donors (Lipinski definition) is 5. The maximum absolute atomic E-state index is 13.7. The molecule has 1 atom stereocenters. The van der Waals surface area contributed by atoms with Crippen LogP contribution in [0.3, 0.4) is 0 Å². The third-order valence-electron chi connectivity index (χ3n) is 7.49. The highest BCUT2D eigenvalue weighted by Gasteiger charge is 2.33. The van der Waals surface area contributed by atoms with E-state index in [9.17, 15) is 39.9 Å². The summed E-state index contributed by atoms with van der Waals surface area (Å²) in [6.07, 6.45) is -1.62. The maximum atomic E-state index is 13.7. The smallest absolute Gasteiger partial charge is 0.232 e. The van der Waals surface area contributed by atoms with Gasteiger partial charge in [0.1, 0.15) is 17.6 Å². The highest BCUT2D eigenvalue weighted by molar-refractivity contribution is 6.37. The predicted molar refractivity (Wildman–Crippen MR) is 145 cm³/mol. The molecule has 0 fully saturated rings. The number of phenolic OH excluding ortho intramolecular Hbond substituents is 2. The Balaban J connectivity index is 2.43. The molecule has 10 nitrogen and oxygen atoms in total. The summed E-state index contributed by atoms with van der Waals surface area (Å²) in [5, 5.41) is 54.7. The van der Waals surface area contributed by atoms with Crippen molar-refractivity contribution < 1.29 is 39.8 Å². The van der Waals surface area contributed by atoms with Crippen molar-refractivity contribution in [3.05, 3.63) is 54.8 Å². The second-order valence-corrected chi connectivity index (χ2v) is 9.41. The molecule has 0 radical (unpaired) electrons. The van der Waals surface area contributed by atoms with Gasteiger partial charge in [0.15, 0.2) is 17.3 Å². The molecule has 5 N–H and O–H groups in total. The maximum Gasteiger partial charge on any atom is 0.232 e. The lowest BCUT2D eigenvalue weighted by molar-refractivity contribution is -0.125. The van der Waals surface area contributed by atoms with Gasteiger partial charge in [-0.15, -0.1) is 0 Å². The molecule has 10 heteroatoms. The minimum absolute atomic E-state index is 0.0921. The molecule has 0 aliphatic heterocycles. The van der Waals surface area contributed by atoms with Crippen molar-refractivity contribution in [3.8, 4) is 23.0 Å². The number of rotatable bonds is 7. The lowest BCUT2D eigenvalue weighted by atomic mass is 9.80. The summed E-state index contributed by atoms with van der Waals surface area (Å²) in [6, 6.07) is 2.43. The number of benzene rings is 5. The predicted octanol–water partition coefficient (Wildman–Crippen LogP) is 2.49. The number of ketones is 1. The van der Waals surface area contributed by atoms with E-state index in [1.165, 1.54) is 26.4 Å². The quantitative estimate of drug-likeness (QED) is 0.154. The summed E-state index contributed by atoms with van der Waals surface area (Å²) in [5.41, 5.74) is -0.913. The van der Waals surface area contributed by atoms with Crippen LogP contribution in [0.1, 0.15) is 42.2 Å². The van der Waals surface area contributed by atoms with Gasteiger partial charge in [-0.1, -0.05) is 6.92 Å². The first-order valence-electron chi connectivity index (χ1n) is 12.2. The summed E-state index contributed by atoms with van der Waals surface area (Å²) < 4.78 is 10.9. The summed E-state index contributed by atoms with van der Waals surface area (Å²) in [7, 11) is 2.49. The molecule has 0 amide bonds. The van der Waals surface area contributed by atoms with E-state index in [0.717, 1.165) is 6.92 Å². The molecule has 1 unspecified atom stereocenters. The number of carbonyl (C=O) groups is 1. The van der Waals surface area contributed by atoms with E-state index in [1.807, 2.05) is 0 Å². The monoisotopic (exact) mass is 534 g/mol. The van der Waals surface area contributed by atoms with E-state index in [4.69, 9.17) is 9.47 Å². The average Bonchev–Trinajstić information content (AvgIpc) is 2.91. The Kier molecular flexibility index (Phi) is 6.21. The van der Waals surface area contributed by atoms with Crippen molar-refractivity contribution in [1.29, 1.82) is 0 Å². The van der Waals surface area contributed by atoms with E-state index in [-0.39, 0.29) is 77.7 Å². The number of phenols is 2. The molecule has 5 aromatic carbocycles. The van der Waals surface area contributed by atoms with Gasteiger partial charge in [-0.3, -0.25) is 14.4 Å². The summed E-state index contributed by atoms with van der Waals surface area (Å²) in [5.74, 6) is -2.09. The molecule has 0 bridgehead atoms. The Labute approximate surface area is 220 Å². The first-order chi connectivity index (χ1) is 18.6. The largest absolute Gasteiger partial charge is 0.507 e. The third kappa shape index (κ3) is 3.29. The topological polar surface area (TPSA) is 171 Å². The lowest BCUT2D eigenvalue weighted by Gasteiger charge is -2.25. The second kappa shape index (κ2) is 9.19. The Morgan fingerprint density at radius 3 is 1.64 bits per heavy atom. The number of aryl methyl sites for hydroxylation is 1. The van der Waals surface area contributed by atoms with Crippen molar-refractivity contribution in [1.82, 2.24) is 0 Å². The number of methoxy groups -OCH3 is 2. The molecule has 39 heavy (non-hydrogen) atoms. The van der Waals surface area contributed by atoms with Crippen LogP contribution in [0.25, 0.3) is 43.1 Å². The van der Waals surface area contributed by atoms with E-state index in [0.29, 0.717) is 5.56 Å². The van der Waals surface area contributed by atoms with Crippen LogP contribution in [-0.2, 0) is 24.4 Å². The second-order valence-electron chi connectivity index (χ2n) is 9.41. The Morgan fingerprint density at radius 1 is 0.769 bits per heavy atom. The molecule has 0 aliphatic rings. The zero-order valence-corrected chi connectivity index (χ0v) is 21.6. The van der Waals surface area contributed by atoms with Gasteiger partial charge in [0.2, 0.25) is 10.9 Å². The SMILES string of the molecule is CCc1c(OC)c(=O)c2c(O)cc(CO)c3c4c(CO)cc(O)c5c(=O)c(OC)c(C(O)C(C)=O)c(c1c23)c54. The van der Waals surface area contributed by atoms with Crippen molar-refractivity contribution in [2.75, 3.05) is 14.2 Å². The van der Waals surface area contributed by atoms with Gasteiger partial charge in [-0.05, 0) is 52.8 Å². The molecule has 5 aromatic rings. The molecular formula is C29H26O10. The molecule has 0 heterocycles. The number of aliphatic hydroxyl groups is 3. The highest BCUT2D eigenvalue weighted by Crippen LogP contribution is 2.51. The molecule has 202 valence electrons. The number of carbonyl (C=O) groups excluding carboxylic acids is 1. The van der Waals surface area contributed by atoms with Crippen molar-refractivity contribution in [2.45, 2.75) is 39.6 Å². The van der Waals surface area contributed by atoms with Crippen molar-refractivity contribution in [3.63, 3.8) is 0 Å².